The van der Waals surface area contributed by atoms with Crippen LogP contribution in [0.2, 0.25) is 0 Å². The summed E-state index contributed by atoms with van der Waals surface area (Å²) in [5.41, 5.74) is 1.06. The molecule has 2 aliphatic heterocycles. The van der Waals surface area contributed by atoms with Crippen molar-refractivity contribution in [2.24, 2.45) is 17.3 Å². The summed E-state index contributed by atoms with van der Waals surface area (Å²) in [5.74, 6) is -0.0381. The van der Waals surface area contributed by atoms with Gasteiger partial charge in [0.15, 0.2) is 0 Å². The summed E-state index contributed by atoms with van der Waals surface area (Å²) in [6.45, 7) is 7.00. The Hall–Kier alpha value is -1.32. The van der Waals surface area contributed by atoms with Gasteiger partial charge >= 0.3 is 0 Å². The van der Waals surface area contributed by atoms with E-state index in [2.05, 4.69) is 26.8 Å². The van der Waals surface area contributed by atoms with Gasteiger partial charge in [-0.1, -0.05) is 51.1 Å². The number of hydrogen-bond acceptors (Lipinski definition) is 3. The lowest BCUT2D eigenvalue weighted by Gasteiger charge is -2.61. The van der Waals surface area contributed by atoms with E-state index in [4.69, 9.17) is 9.47 Å². The summed E-state index contributed by atoms with van der Waals surface area (Å²) in [7, 11) is 0. The van der Waals surface area contributed by atoms with Crippen molar-refractivity contribution in [3.8, 4) is 0 Å². The highest BCUT2D eigenvalue weighted by Crippen LogP contribution is 2.63. The zero-order chi connectivity index (χ0) is 17.0. The maximum atomic E-state index is 10.9. The largest absolute Gasteiger partial charge is 0.466 e. The SMILES string of the molecule is CC(C)(C)C1CCC2(CC1)OC1(C(O)c3ccccc3)OC=CC21. The van der Waals surface area contributed by atoms with Gasteiger partial charge in [0.2, 0.25) is 5.79 Å². The van der Waals surface area contributed by atoms with Crippen molar-refractivity contribution in [2.75, 3.05) is 0 Å². The second-order valence-corrected chi connectivity index (χ2v) is 8.77. The van der Waals surface area contributed by atoms with Crippen molar-refractivity contribution in [3.63, 3.8) is 0 Å². The van der Waals surface area contributed by atoms with Gasteiger partial charge in [-0.2, -0.15) is 0 Å². The Bertz CT molecular complexity index is 622. The van der Waals surface area contributed by atoms with Gasteiger partial charge in [0.25, 0.3) is 0 Å². The number of benzene rings is 1. The third kappa shape index (κ3) is 2.25. The second-order valence-electron chi connectivity index (χ2n) is 8.77. The predicted molar refractivity (Wildman–Crippen MR) is 93.1 cm³/mol. The predicted octanol–water partition coefficient (Wildman–Crippen LogP) is 4.58. The van der Waals surface area contributed by atoms with E-state index in [0.29, 0.717) is 5.41 Å². The third-order valence-electron chi connectivity index (χ3n) is 6.44. The molecular formula is C21H28O3. The van der Waals surface area contributed by atoms with Crippen LogP contribution in [-0.2, 0) is 9.47 Å². The van der Waals surface area contributed by atoms with Crippen LogP contribution in [0.5, 0.6) is 0 Å². The minimum absolute atomic E-state index is 0.140. The Kier molecular flexibility index (Phi) is 3.59. The maximum Gasteiger partial charge on any atom is 0.249 e. The normalized spacial score (nSPS) is 39.2. The molecule has 1 aromatic carbocycles. The Morgan fingerprint density at radius 3 is 2.42 bits per heavy atom. The van der Waals surface area contributed by atoms with Crippen LogP contribution in [0.25, 0.3) is 0 Å². The van der Waals surface area contributed by atoms with Crippen molar-refractivity contribution >= 4 is 0 Å². The molecule has 0 amide bonds. The third-order valence-corrected chi connectivity index (χ3v) is 6.44. The number of ether oxygens (including phenoxy) is 2. The van der Waals surface area contributed by atoms with Gasteiger partial charge in [-0.15, -0.1) is 0 Å². The molecule has 1 spiro atoms. The van der Waals surface area contributed by atoms with Crippen LogP contribution in [0.1, 0.15) is 58.1 Å². The van der Waals surface area contributed by atoms with Gasteiger partial charge in [0, 0.05) is 0 Å². The van der Waals surface area contributed by atoms with Crippen LogP contribution in [0, 0.1) is 17.3 Å². The van der Waals surface area contributed by atoms with Crippen LogP contribution >= 0.6 is 0 Å². The quantitative estimate of drug-likeness (QED) is 0.863. The lowest BCUT2D eigenvalue weighted by atomic mass is 9.60. The number of rotatable bonds is 2. The molecule has 0 radical (unpaired) electrons. The van der Waals surface area contributed by atoms with E-state index in [-0.39, 0.29) is 11.5 Å². The fourth-order valence-electron chi connectivity index (χ4n) is 4.93. The summed E-state index contributed by atoms with van der Waals surface area (Å²) in [5, 5.41) is 10.9. The van der Waals surface area contributed by atoms with Crippen molar-refractivity contribution in [3.05, 3.63) is 48.2 Å². The number of hydrogen-bond donors (Lipinski definition) is 1. The van der Waals surface area contributed by atoms with Crippen LogP contribution in [0.3, 0.4) is 0 Å². The zero-order valence-electron chi connectivity index (χ0n) is 14.9. The Morgan fingerprint density at radius 1 is 1.12 bits per heavy atom. The highest BCUT2D eigenvalue weighted by molar-refractivity contribution is 5.28. The van der Waals surface area contributed by atoms with Crippen molar-refractivity contribution in [2.45, 2.75) is 63.9 Å². The van der Waals surface area contributed by atoms with Gasteiger partial charge in [-0.25, -0.2) is 0 Å². The lowest BCUT2D eigenvalue weighted by Crippen LogP contribution is -2.70. The molecule has 1 aliphatic carbocycles. The van der Waals surface area contributed by atoms with Gasteiger partial charge in [0.1, 0.15) is 6.10 Å². The molecule has 1 aromatic rings. The van der Waals surface area contributed by atoms with E-state index >= 15 is 0 Å². The maximum absolute atomic E-state index is 10.9. The zero-order valence-corrected chi connectivity index (χ0v) is 14.9. The fourth-order valence-corrected chi connectivity index (χ4v) is 4.93. The average Bonchev–Trinajstić information content (AvgIpc) is 2.93. The molecule has 1 saturated heterocycles. The van der Waals surface area contributed by atoms with Crippen molar-refractivity contribution < 1.29 is 14.6 Å². The Morgan fingerprint density at radius 2 is 1.79 bits per heavy atom. The van der Waals surface area contributed by atoms with Gasteiger partial charge in [0.05, 0.1) is 17.8 Å². The molecule has 24 heavy (non-hydrogen) atoms. The Balaban J connectivity index is 1.52. The molecule has 0 aromatic heterocycles. The first-order valence-corrected chi connectivity index (χ1v) is 9.15. The van der Waals surface area contributed by atoms with E-state index in [1.54, 1.807) is 6.26 Å². The molecular weight excluding hydrogens is 300 g/mol. The summed E-state index contributed by atoms with van der Waals surface area (Å²) >= 11 is 0. The highest BCUT2D eigenvalue weighted by atomic mass is 16.7. The van der Waals surface area contributed by atoms with Crippen LogP contribution < -0.4 is 0 Å². The molecule has 4 rings (SSSR count). The molecule has 1 saturated carbocycles. The molecule has 1 N–H and O–H groups in total. The highest BCUT2D eigenvalue weighted by Gasteiger charge is 2.71. The number of aliphatic hydroxyl groups is 1. The minimum atomic E-state index is -0.921. The molecule has 0 bridgehead atoms. The summed E-state index contributed by atoms with van der Waals surface area (Å²) in [6.07, 6.45) is 7.54. The molecule has 3 heteroatoms. The first kappa shape index (κ1) is 16.2. The minimum Gasteiger partial charge on any atom is -0.466 e. The first-order chi connectivity index (χ1) is 11.4. The van der Waals surface area contributed by atoms with Crippen molar-refractivity contribution in [1.82, 2.24) is 0 Å². The van der Waals surface area contributed by atoms with E-state index in [0.717, 1.165) is 24.3 Å². The second kappa shape index (κ2) is 5.34. The summed E-state index contributed by atoms with van der Waals surface area (Å²) < 4.78 is 12.2. The van der Waals surface area contributed by atoms with Crippen LogP contribution in [-0.4, -0.2) is 16.5 Å². The molecule has 3 aliphatic rings. The topological polar surface area (TPSA) is 38.7 Å². The van der Waals surface area contributed by atoms with E-state index in [1.165, 1.54) is 12.8 Å². The molecule has 2 heterocycles. The fraction of sp³-hybridized carbons (Fsp3) is 0.619. The molecule has 2 fully saturated rings. The standard InChI is InChI=1S/C21H28O3/c1-19(2,3)16-9-12-20(13-10-16)17-11-14-23-21(17,24-20)18(22)15-7-5-4-6-8-15/h4-8,11,14,16-18,22H,9-10,12-13H2,1-3H3. The van der Waals surface area contributed by atoms with Gasteiger partial charge in [-0.05, 0) is 48.7 Å². The molecule has 3 nitrogen and oxygen atoms in total. The summed E-state index contributed by atoms with van der Waals surface area (Å²) in [6, 6.07) is 9.70. The van der Waals surface area contributed by atoms with Crippen molar-refractivity contribution in [1.29, 1.82) is 0 Å². The first-order valence-electron chi connectivity index (χ1n) is 9.15. The lowest BCUT2D eigenvalue weighted by molar-refractivity contribution is -0.426. The van der Waals surface area contributed by atoms with E-state index in [9.17, 15) is 5.11 Å². The molecule has 3 unspecified atom stereocenters. The smallest absolute Gasteiger partial charge is 0.249 e. The summed E-state index contributed by atoms with van der Waals surface area (Å²) in [4.78, 5) is 0. The number of aliphatic hydroxyl groups excluding tert-OH is 1. The van der Waals surface area contributed by atoms with Crippen LogP contribution in [0.4, 0.5) is 0 Å². The Labute approximate surface area is 144 Å². The monoisotopic (exact) mass is 328 g/mol. The van der Waals surface area contributed by atoms with Gasteiger partial charge < -0.3 is 14.6 Å². The van der Waals surface area contributed by atoms with Crippen LogP contribution in [0.15, 0.2) is 42.7 Å². The number of fused-ring (bicyclic) bond motifs is 2. The molecule has 130 valence electrons. The van der Waals surface area contributed by atoms with E-state index in [1.807, 2.05) is 30.3 Å². The van der Waals surface area contributed by atoms with Gasteiger partial charge in [-0.3, -0.25) is 0 Å². The molecule has 3 atom stereocenters. The average molecular weight is 328 g/mol. The van der Waals surface area contributed by atoms with E-state index < -0.39 is 11.9 Å².